The van der Waals surface area contributed by atoms with E-state index in [-0.39, 0.29) is 22.3 Å². The van der Waals surface area contributed by atoms with Gasteiger partial charge >= 0.3 is 0 Å². The Bertz CT molecular complexity index is 885. The van der Waals surface area contributed by atoms with Gasteiger partial charge in [0.1, 0.15) is 5.82 Å². The van der Waals surface area contributed by atoms with Crippen molar-refractivity contribution in [3.8, 4) is 0 Å². The van der Waals surface area contributed by atoms with E-state index >= 15 is 0 Å². The van der Waals surface area contributed by atoms with Gasteiger partial charge in [0, 0.05) is 11.6 Å². The number of rotatable bonds is 3. The van der Waals surface area contributed by atoms with Crippen LogP contribution in [0.15, 0.2) is 54.6 Å². The maximum atomic E-state index is 12.8. The van der Waals surface area contributed by atoms with Crippen molar-refractivity contribution in [2.75, 3.05) is 0 Å². The summed E-state index contributed by atoms with van der Waals surface area (Å²) in [6.45, 7) is 6.28. The van der Waals surface area contributed by atoms with E-state index in [2.05, 4.69) is 36.9 Å². The van der Waals surface area contributed by atoms with Gasteiger partial charge in [-0.15, -0.1) is 0 Å². The number of halogens is 1. The first kappa shape index (κ1) is 21.2. The van der Waals surface area contributed by atoms with Gasteiger partial charge in [-0.1, -0.05) is 45.0 Å². The fraction of sp³-hybridized carbons (Fsp3) is 0.190. The molecule has 0 unspecified atom stereocenters. The lowest BCUT2D eigenvalue weighted by Gasteiger charge is -2.19. The average molecular weight is 399 g/mol. The molecule has 3 N–H and O–H groups in total. The quantitative estimate of drug-likeness (QED) is 0.420. The van der Waals surface area contributed by atoms with Crippen LogP contribution in [0.2, 0.25) is 0 Å². The molecule has 2 amide bonds. The fourth-order valence-electron chi connectivity index (χ4n) is 2.24. The summed E-state index contributed by atoms with van der Waals surface area (Å²) in [7, 11) is 0. The zero-order valence-electron chi connectivity index (χ0n) is 15.9. The third-order valence-corrected chi connectivity index (χ3v) is 4.04. The summed E-state index contributed by atoms with van der Waals surface area (Å²) >= 11 is 4.97. The number of carbonyl (C=O) groups is 2. The molecule has 0 saturated carbocycles. The van der Waals surface area contributed by atoms with Gasteiger partial charge in [0.05, 0.1) is 0 Å². The van der Waals surface area contributed by atoms with E-state index in [1.54, 1.807) is 24.3 Å². The molecule has 2 rings (SSSR count). The number of amides is 2. The highest BCUT2D eigenvalue weighted by atomic mass is 32.1. The molecule has 0 bridgehead atoms. The van der Waals surface area contributed by atoms with Crippen LogP contribution in [0.3, 0.4) is 0 Å². The molecule has 5 nitrogen and oxygen atoms in total. The Morgan fingerprint density at radius 3 is 2.14 bits per heavy atom. The van der Waals surface area contributed by atoms with E-state index in [0.717, 1.165) is 5.56 Å². The van der Waals surface area contributed by atoms with E-state index in [1.807, 2.05) is 12.1 Å². The van der Waals surface area contributed by atoms with Gasteiger partial charge in [-0.3, -0.25) is 25.8 Å². The Morgan fingerprint density at radius 1 is 0.964 bits per heavy atom. The fourth-order valence-corrected chi connectivity index (χ4v) is 2.39. The van der Waals surface area contributed by atoms with Crippen LogP contribution in [0.25, 0.3) is 6.08 Å². The van der Waals surface area contributed by atoms with Crippen molar-refractivity contribution in [3.05, 3.63) is 77.1 Å². The molecule has 0 aliphatic carbocycles. The second-order valence-electron chi connectivity index (χ2n) is 7.11. The minimum absolute atomic E-state index is 0.000530. The van der Waals surface area contributed by atoms with Crippen LogP contribution in [0.4, 0.5) is 4.39 Å². The largest absolute Gasteiger partial charge is 0.298 e. The van der Waals surface area contributed by atoms with E-state index in [4.69, 9.17) is 12.2 Å². The monoisotopic (exact) mass is 399 g/mol. The van der Waals surface area contributed by atoms with Crippen molar-refractivity contribution >= 4 is 35.2 Å². The van der Waals surface area contributed by atoms with Gasteiger partial charge < -0.3 is 0 Å². The number of benzene rings is 2. The van der Waals surface area contributed by atoms with Crippen LogP contribution in [-0.4, -0.2) is 16.9 Å². The minimum Gasteiger partial charge on any atom is -0.298 e. The third-order valence-electron chi connectivity index (χ3n) is 3.84. The van der Waals surface area contributed by atoms with Crippen LogP contribution in [0.1, 0.15) is 42.3 Å². The molecule has 0 aliphatic heterocycles. The SMILES string of the molecule is CC(C)(C)c1ccc(C(=O)NNC(=S)NC(=O)C=Cc2ccc(F)cc2)cc1. The topological polar surface area (TPSA) is 70.2 Å². The summed E-state index contributed by atoms with van der Waals surface area (Å²) < 4.78 is 12.8. The first-order valence-electron chi connectivity index (χ1n) is 8.60. The molecule has 28 heavy (non-hydrogen) atoms. The van der Waals surface area contributed by atoms with Crippen molar-refractivity contribution in [1.82, 2.24) is 16.2 Å². The van der Waals surface area contributed by atoms with Crippen LogP contribution in [0, 0.1) is 5.82 Å². The van der Waals surface area contributed by atoms with Gasteiger partial charge in [0.25, 0.3) is 5.91 Å². The Balaban J connectivity index is 1.82. The number of hydrogen-bond acceptors (Lipinski definition) is 3. The Morgan fingerprint density at radius 2 is 1.57 bits per heavy atom. The molecule has 0 saturated heterocycles. The normalized spacial score (nSPS) is 11.1. The van der Waals surface area contributed by atoms with E-state index in [0.29, 0.717) is 11.1 Å². The van der Waals surface area contributed by atoms with Crippen LogP contribution in [0.5, 0.6) is 0 Å². The molecule has 7 heteroatoms. The lowest BCUT2D eigenvalue weighted by Crippen LogP contribution is -2.48. The predicted octanol–water partition coefficient (Wildman–Crippen LogP) is 3.47. The zero-order valence-corrected chi connectivity index (χ0v) is 16.7. The van der Waals surface area contributed by atoms with Gasteiger partial charge in [-0.05, 0) is 59.1 Å². The molecular weight excluding hydrogens is 377 g/mol. The minimum atomic E-state index is -0.481. The second-order valence-corrected chi connectivity index (χ2v) is 7.52. The van der Waals surface area contributed by atoms with Crippen molar-refractivity contribution in [2.24, 2.45) is 0 Å². The molecule has 0 radical (unpaired) electrons. The molecule has 0 spiro atoms. The maximum absolute atomic E-state index is 12.8. The molecule has 2 aromatic carbocycles. The van der Waals surface area contributed by atoms with Crippen molar-refractivity contribution in [2.45, 2.75) is 26.2 Å². The smallest absolute Gasteiger partial charge is 0.269 e. The summed E-state index contributed by atoms with van der Waals surface area (Å²) in [5.74, 6) is -1.21. The summed E-state index contributed by atoms with van der Waals surface area (Å²) in [6, 6.07) is 12.9. The van der Waals surface area contributed by atoms with E-state index in [9.17, 15) is 14.0 Å². The molecule has 0 aliphatic rings. The highest BCUT2D eigenvalue weighted by Gasteiger charge is 2.14. The van der Waals surface area contributed by atoms with Crippen molar-refractivity contribution in [3.63, 3.8) is 0 Å². The molecule has 146 valence electrons. The predicted molar refractivity (Wildman–Crippen MR) is 112 cm³/mol. The summed E-state index contributed by atoms with van der Waals surface area (Å²) in [5.41, 5.74) is 7.16. The second kappa shape index (κ2) is 9.23. The molecule has 0 heterocycles. The highest BCUT2D eigenvalue weighted by molar-refractivity contribution is 7.80. The number of nitrogens with one attached hydrogen (secondary N) is 3. The van der Waals surface area contributed by atoms with Crippen LogP contribution in [-0.2, 0) is 10.2 Å². The molecule has 0 aromatic heterocycles. The van der Waals surface area contributed by atoms with Gasteiger partial charge in [-0.25, -0.2) is 4.39 Å². The molecule has 2 aromatic rings. The summed E-state index contributed by atoms with van der Waals surface area (Å²) in [6.07, 6.45) is 2.78. The number of hydrogen-bond donors (Lipinski definition) is 3. The number of hydrazine groups is 1. The Hall–Kier alpha value is -3.06. The standard InChI is InChI=1S/C21H22FN3O2S/c1-21(2,3)16-9-7-15(8-10-16)19(27)24-25-20(28)23-18(26)13-6-14-4-11-17(22)12-5-14/h4-13H,1-3H3,(H,24,27)(H2,23,25,26,28). The lowest BCUT2D eigenvalue weighted by atomic mass is 9.87. The highest BCUT2D eigenvalue weighted by Crippen LogP contribution is 2.22. The lowest BCUT2D eigenvalue weighted by molar-refractivity contribution is -0.115. The van der Waals surface area contributed by atoms with E-state index in [1.165, 1.54) is 24.3 Å². The Kier molecular flexibility index (Phi) is 7.00. The summed E-state index contributed by atoms with van der Waals surface area (Å²) in [5, 5.41) is 2.36. The first-order chi connectivity index (χ1) is 13.1. The molecular formula is C21H22FN3O2S. The molecule has 0 fully saturated rings. The van der Waals surface area contributed by atoms with E-state index < -0.39 is 5.91 Å². The third kappa shape index (κ3) is 6.59. The van der Waals surface area contributed by atoms with Gasteiger partial charge in [-0.2, -0.15) is 0 Å². The average Bonchev–Trinajstić information content (AvgIpc) is 2.65. The van der Waals surface area contributed by atoms with Crippen molar-refractivity contribution in [1.29, 1.82) is 0 Å². The number of thiocarbonyl (C=S) groups is 1. The van der Waals surface area contributed by atoms with Gasteiger partial charge in [0.2, 0.25) is 5.91 Å². The van der Waals surface area contributed by atoms with Gasteiger partial charge in [0.15, 0.2) is 5.11 Å². The summed E-state index contributed by atoms with van der Waals surface area (Å²) in [4.78, 5) is 24.0. The zero-order chi connectivity index (χ0) is 20.7. The van der Waals surface area contributed by atoms with Crippen LogP contribution < -0.4 is 16.2 Å². The first-order valence-corrected chi connectivity index (χ1v) is 9.01. The van der Waals surface area contributed by atoms with Crippen LogP contribution >= 0.6 is 12.2 Å². The maximum Gasteiger partial charge on any atom is 0.269 e. The van der Waals surface area contributed by atoms with Crippen molar-refractivity contribution < 1.29 is 14.0 Å². The Labute approximate surface area is 169 Å². The number of carbonyl (C=O) groups excluding carboxylic acids is 2. The molecule has 0 atom stereocenters.